The van der Waals surface area contributed by atoms with Crippen LogP contribution in [-0.2, 0) is 10.2 Å². The normalized spacial score (nSPS) is 16.7. The number of rotatable bonds is 3. The summed E-state index contributed by atoms with van der Waals surface area (Å²) in [5, 5.41) is 4.09. The Morgan fingerprint density at radius 1 is 1.04 bits per heavy atom. The second-order valence-corrected chi connectivity index (χ2v) is 7.05. The van der Waals surface area contributed by atoms with Crippen LogP contribution in [0.25, 0.3) is 11.4 Å². The molecule has 0 saturated carbocycles. The van der Waals surface area contributed by atoms with E-state index in [1.54, 1.807) is 12.1 Å². The van der Waals surface area contributed by atoms with Crippen LogP contribution in [0.3, 0.4) is 0 Å². The maximum atomic E-state index is 13.5. The average molecular weight is 403 g/mol. The van der Waals surface area contributed by atoms with Gasteiger partial charge in [-0.3, -0.25) is 0 Å². The first kappa shape index (κ1) is 16.4. The Bertz CT molecular complexity index is 890. The van der Waals surface area contributed by atoms with E-state index in [4.69, 9.17) is 9.26 Å². The molecule has 6 heteroatoms. The monoisotopic (exact) mass is 402 g/mol. The van der Waals surface area contributed by atoms with E-state index in [1.165, 1.54) is 12.1 Å². The van der Waals surface area contributed by atoms with Crippen LogP contribution in [0.15, 0.2) is 57.5 Å². The second-order valence-electron chi connectivity index (χ2n) is 6.14. The highest BCUT2D eigenvalue weighted by Gasteiger charge is 2.41. The maximum absolute atomic E-state index is 13.5. The van der Waals surface area contributed by atoms with E-state index >= 15 is 0 Å². The van der Waals surface area contributed by atoms with Gasteiger partial charge in [0.15, 0.2) is 0 Å². The highest BCUT2D eigenvalue weighted by Crippen LogP contribution is 2.41. The minimum absolute atomic E-state index is 0.323. The number of ether oxygens (including phenoxy) is 1. The SMILES string of the molecule is Fc1cccc(-c2noc(C3(c4cccc(Br)c4)CCOCC3)n2)c1. The molecule has 3 aromatic rings. The summed E-state index contributed by atoms with van der Waals surface area (Å²) in [7, 11) is 0. The Balaban J connectivity index is 1.79. The molecule has 128 valence electrons. The van der Waals surface area contributed by atoms with E-state index in [-0.39, 0.29) is 11.2 Å². The van der Waals surface area contributed by atoms with Crippen LogP contribution in [0.2, 0.25) is 0 Å². The van der Waals surface area contributed by atoms with Crippen LogP contribution in [-0.4, -0.2) is 23.4 Å². The Kier molecular flexibility index (Phi) is 4.39. The van der Waals surface area contributed by atoms with Gasteiger partial charge >= 0.3 is 0 Å². The molecule has 2 aromatic carbocycles. The van der Waals surface area contributed by atoms with Crippen LogP contribution in [0.1, 0.15) is 24.3 Å². The van der Waals surface area contributed by atoms with Crippen LogP contribution < -0.4 is 0 Å². The Morgan fingerprint density at radius 2 is 1.84 bits per heavy atom. The Labute approximate surface area is 153 Å². The van der Waals surface area contributed by atoms with Crippen molar-refractivity contribution in [3.05, 3.63) is 70.3 Å². The lowest BCUT2D eigenvalue weighted by Gasteiger charge is -2.34. The molecule has 0 amide bonds. The number of hydrogen-bond acceptors (Lipinski definition) is 4. The zero-order valence-corrected chi connectivity index (χ0v) is 15.0. The third kappa shape index (κ3) is 3.12. The highest BCUT2D eigenvalue weighted by molar-refractivity contribution is 9.10. The fraction of sp³-hybridized carbons (Fsp3) is 0.263. The Hall–Kier alpha value is -2.05. The fourth-order valence-electron chi connectivity index (χ4n) is 3.29. The lowest BCUT2D eigenvalue weighted by Crippen LogP contribution is -2.35. The van der Waals surface area contributed by atoms with Gasteiger partial charge < -0.3 is 9.26 Å². The van der Waals surface area contributed by atoms with Crippen molar-refractivity contribution in [3.8, 4) is 11.4 Å². The number of benzene rings is 2. The van der Waals surface area contributed by atoms with Gasteiger partial charge in [-0.1, -0.05) is 45.4 Å². The van der Waals surface area contributed by atoms with Gasteiger partial charge in [-0.2, -0.15) is 4.98 Å². The van der Waals surface area contributed by atoms with Crippen molar-refractivity contribution < 1.29 is 13.7 Å². The van der Waals surface area contributed by atoms with E-state index in [2.05, 4.69) is 38.2 Å². The summed E-state index contributed by atoms with van der Waals surface area (Å²) in [6.07, 6.45) is 1.52. The molecule has 0 N–H and O–H groups in total. The summed E-state index contributed by atoms with van der Waals surface area (Å²) < 4.78 is 25.7. The van der Waals surface area contributed by atoms with Crippen LogP contribution >= 0.6 is 15.9 Å². The maximum Gasteiger partial charge on any atom is 0.237 e. The summed E-state index contributed by atoms with van der Waals surface area (Å²) in [5.74, 6) is 0.625. The first-order chi connectivity index (χ1) is 12.2. The van der Waals surface area contributed by atoms with Gasteiger partial charge in [0.2, 0.25) is 11.7 Å². The molecule has 1 aromatic heterocycles. The zero-order valence-electron chi connectivity index (χ0n) is 13.4. The molecule has 1 aliphatic heterocycles. The third-order valence-electron chi connectivity index (χ3n) is 4.64. The summed E-state index contributed by atoms with van der Waals surface area (Å²) in [6, 6.07) is 14.4. The van der Waals surface area contributed by atoms with Crippen molar-refractivity contribution in [2.24, 2.45) is 0 Å². The minimum Gasteiger partial charge on any atom is -0.381 e. The number of nitrogens with zero attached hydrogens (tertiary/aromatic N) is 2. The van der Waals surface area contributed by atoms with Crippen molar-refractivity contribution in [2.45, 2.75) is 18.3 Å². The van der Waals surface area contributed by atoms with Gasteiger partial charge in [0.25, 0.3) is 0 Å². The lowest BCUT2D eigenvalue weighted by molar-refractivity contribution is 0.0523. The van der Waals surface area contributed by atoms with E-state index < -0.39 is 0 Å². The number of halogens is 2. The van der Waals surface area contributed by atoms with Crippen LogP contribution in [0, 0.1) is 5.82 Å². The molecule has 0 spiro atoms. The molecule has 0 aliphatic carbocycles. The van der Waals surface area contributed by atoms with Crippen molar-refractivity contribution >= 4 is 15.9 Å². The molecule has 4 rings (SSSR count). The Morgan fingerprint density at radius 3 is 2.60 bits per heavy atom. The van der Waals surface area contributed by atoms with E-state index in [1.807, 2.05) is 12.1 Å². The van der Waals surface area contributed by atoms with Crippen LogP contribution in [0.4, 0.5) is 4.39 Å². The summed E-state index contributed by atoms with van der Waals surface area (Å²) >= 11 is 3.54. The smallest absolute Gasteiger partial charge is 0.237 e. The first-order valence-corrected chi connectivity index (χ1v) is 8.91. The molecule has 0 bridgehead atoms. The standard InChI is InChI=1S/C19H16BrFN2O2/c20-15-5-2-4-14(12-15)19(7-9-24-10-8-19)18-22-17(23-25-18)13-3-1-6-16(21)11-13/h1-6,11-12H,7-10H2. The molecule has 1 fully saturated rings. The van der Waals surface area contributed by atoms with Crippen molar-refractivity contribution in [3.63, 3.8) is 0 Å². The summed E-state index contributed by atoms with van der Waals surface area (Å²) in [4.78, 5) is 4.61. The van der Waals surface area contributed by atoms with E-state index in [0.717, 1.165) is 22.9 Å². The first-order valence-electron chi connectivity index (χ1n) is 8.11. The molecule has 0 radical (unpaired) electrons. The second kappa shape index (κ2) is 6.69. The van der Waals surface area contributed by atoms with Gasteiger partial charge in [0.1, 0.15) is 5.82 Å². The van der Waals surface area contributed by atoms with Crippen molar-refractivity contribution in [1.29, 1.82) is 0 Å². The predicted molar refractivity (Wildman–Crippen MR) is 94.7 cm³/mol. The minimum atomic E-state index is -0.388. The molecule has 25 heavy (non-hydrogen) atoms. The molecule has 0 atom stereocenters. The lowest BCUT2D eigenvalue weighted by atomic mass is 9.74. The molecular formula is C19H16BrFN2O2. The molecule has 4 nitrogen and oxygen atoms in total. The third-order valence-corrected chi connectivity index (χ3v) is 5.14. The van der Waals surface area contributed by atoms with Gasteiger partial charge in [0, 0.05) is 23.2 Å². The average Bonchev–Trinajstić information content (AvgIpc) is 3.13. The molecular weight excluding hydrogens is 387 g/mol. The van der Waals surface area contributed by atoms with Gasteiger partial charge in [-0.05, 0) is 42.7 Å². The highest BCUT2D eigenvalue weighted by atomic mass is 79.9. The van der Waals surface area contributed by atoms with E-state index in [0.29, 0.717) is 30.5 Å². The van der Waals surface area contributed by atoms with Crippen LogP contribution in [0.5, 0.6) is 0 Å². The topological polar surface area (TPSA) is 48.2 Å². The van der Waals surface area contributed by atoms with Crippen molar-refractivity contribution in [2.75, 3.05) is 13.2 Å². The number of hydrogen-bond donors (Lipinski definition) is 0. The molecule has 1 saturated heterocycles. The molecule has 1 aliphatic rings. The van der Waals surface area contributed by atoms with Gasteiger partial charge in [-0.15, -0.1) is 0 Å². The zero-order chi connectivity index (χ0) is 17.3. The largest absolute Gasteiger partial charge is 0.381 e. The van der Waals surface area contributed by atoms with Crippen molar-refractivity contribution in [1.82, 2.24) is 10.1 Å². The molecule has 0 unspecified atom stereocenters. The van der Waals surface area contributed by atoms with E-state index in [9.17, 15) is 4.39 Å². The summed E-state index contributed by atoms with van der Waals surface area (Å²) in [6.45, 7) is 1.26. The number of aromatic nitrogens is 2. The van der Waals surface area contributed by atoms with Gasteiger partial charge in [0.05, 0.1) is 5.41 Å². The fourth-order valence-corrected chi connectivity index (χ4v) is 3.69. The quantitative estimate of drug-likeness (QED) is 0.634. The summed E-state index contributed by atoms with van der Waals surface area (Å²) in [5.41, 5.74) is 1.33. The molecule has 2 heterocycles. The van der Waals surface area contributed by atoms with Gasteiger partial charge in [-0.25, -0.2) is 4.39 Å². The predicted octanol–water partition coefficient (Wildman–Crippen LogP) is 4.73.